The molecule has 0 spiro atoms. The summed E-state index contributed by atoms with van der Waals surface area (Å²) in [5.74, 6) is -0.768. The first-order chi connectivity index (χ1) is 18.7. The minimum absolute atomic E-state index is 0.0134. The van der Waals surface area contributed by atoms with Crippen molar-refractivity contribution in [2.45, 2.75) is 44.5 Å². The highest BCUT2D eigenvalue weighted by Crippen LogP contribution is 2.32. The highest BCUT2D eigenvalue weighted by Gasteiger charge is 2.31. The van der Waals surface area contributed by atoms with Crippen LogP contribution in [-0.2, 0) is 12.8 Å². The molecule has 5 rings (SSSR count). The minimum atomic E-state index is -4.63. The van der Waals surface area contributed by atoms with Crippen molar-refractivity contribution in [2.75, 3.05) is 31.9 Å². The number of rotatable bonds is 6. The van der Waals surface area contributed by atoms with Gasteiger partial charge in [0.15, 0.2) is 11.6 Å². The lowest BCUT2D eigenvalue weighted by Gasteiger charge is -2.36. The Hall–Kier alpha value is -3.66. The third-order valence-electron chi connectivity index (χ3n) is 7.52. The maximum absolute atomic E-state index is 14.2. The van der Waals surface area contributed by atoms with Crippen molar-refractivity contribution < 1.29 is 27.1 Å². The molecule has 10 heteroatoms. The molecule has 2 aliphatic heterocycles. The normalized spacial score (nSPS) is 17.0. The fourth-order valence-corrected chi connectivity index (χ4v) is 5.25. The smallest absolute Gasteiger partial charge is 0.416 e. The first-order valence-electron chi connectivity index (χ1n) is 13.1. The predicted octanol–water partition coefficient (Wildman–Crippen LogP) is 5.77. The molecule has 2 aliphatic rings. The summed E-state index contributed by atoms with van der Waals surface area (Å²) in [5, 5.41) is 0. The van der Waals surface area contributed by atoms with Crippen molar-refractivity contribution in [3.63, 3.8) is 0 Å². The molecule has 3 heterocycles. The maximum Gasteiger partial charge on any atom is 0.416 e. The summed E-state index contributed by atoms with van der Waals surface area (Å²) in [6.45, 7) is 3.52. The fraction of sp³-hybridized carbons (Fsp3) is 0.379. The fourth-order valence-electron chi connectivity index (χ4n) is 5.25. The monoisotopic (exact) mass is 542 g/mol. The van der Waals surface area contributed by atoms with E-state index in [0.29, 0.717) is 23.2 Å². The first-order valence-corrected chi connectivity index (χ1v) is 13.1. The maximum atomic E-state index is 14.2. The number of hydrogen-bond acceptors (Lipinski definition) is 5. The zero-order chi connectivity index (χ0) is 27.6. The zero-order valence-electron chi connectivity index (χ0n) is 21.4. The van der Waals surface area contributed by atoms with Crippen LogP contribution < -0.4 is 10.5 Å². The van der Waals surface area contributed by atoms with Crippen molar-refractivity contribution in [1.82, 2.24) is 14.8 Å². The third-order valence-corrected chi connectivity index (χ3v) is 7.52. The number of hydrogen-bond donors (Lipinski definition) is 1. The number of carbonyl (C=O) groups is 1. The van der Waals surface area contributed by atoms with Gasteiger partial charge in [0.1, 0.15) is 12.4 Å². The van der Waals surface area contributed by atoms with Crippen LogP contribution in [0.25, 0.3) is 11.1 Å². The molecular formula is C29H30F4N4O2. The molecule has 206 valence electrons. The number of aromatic nitrogens is 1. The summed E-state index contributed by atoms with van der Waals surface area (Å²) in [6, 6.07) is 11.7. The lowest BCUT2D eigenvalue weighted by molar-refractivity contribution is -0.137. The van der Waals surface area contributed by atoms with Crippen LogP contribution in [0.4, 0.5) is 23.4 Å². The molecule has 2 saturated heterocycles. The van der Waals surface area contributed by atoms with E-state index in [2.05, 4.69) is 9.88 Å². The highest BCUT2D eigenvalue weighted by molar-refractivity contribution is 5.94. The van der Waals surface area contributed by atoms with Gasteiger partial charge in [-0.3, -0.25) is 4.79 Å². The second-order valence-electron chi connectivity index (χ2n) is 10.0. The molecule has 0 radical (unpaired) electrons. The molecule has 39 heavy (non-hydrogen) atoms. The SMILES string of the molecule is Nc1ncc(-c2ccc(C(=O)N3CCC(N4CCCC4)CC3)cc2)cc1OCc1ccc(C(F)(F)F)cc1F. The van der Waals surface area contributed by atoms with Crippen LogP contribution in [0.2, 0.25) is 0 Å². The Morgan fingerprint density at radius 3 is 2.31 bits per heavy atom. The summed E-state index contributed by atoms with van der Waals surface area (Å²) in [4.78, 5) is 21.7. The van der Waals surface area contributed by atoms with E-state index >= 15 is 0 Å². The molecule has 2 N–H and O–H groups in total. The van der Waals surface area contributed by atoms with Crippen molar-refractivity contribution in [2.24, 2.45) is 0 Å². The Balaban J connectivity index is 1.22. The van der Waals surface area contributed by atoms with E-state index in [1.165, 1.54) is 25.9 Å². The van der Waals surface area contributed by atoms with Gasteiger partial charge in [-0.1, -0.05) is 18.2 Å². The van der Waals surface area contributed by atoms with Crippen molar-refractivity contribution in [3.8, 4) is 16.9 Å². The number of halogens is 4. The molecule has 0 bridgehead atoms. The lowest BCUT2D eigenvalue weighted by atomic mass is 10.0. The Bertz CT molecular complexity index is 1320. The van der Waals surface area contributed by atoms with Crippen LogP contribution in [0.5, 0.6) is 5.75 Å². The summed E-state index contributed by atoms with van der Waals surface area (Å²) in [7, 11) is 0. The second kappa shape index (κ2) is 11.2. The Kier molecular flexibility index (Phi) is 7.74. The molecule has 3 aromatic rings. The Morgan fingerprint density at radius 2 is 1.67 bits per heavy atom. The van der Waals surface area contributed by atoms with Crippen LogP contribution >= 0.6 is 0 Å². The second-order valence-corrected chi connectivity index (χ2v) is 10.0. The molecular weight excluding hydrogens is 512 g/mol. The number of piperidine rings is 1. The lowest BCUT2D eigenvalue weighted by Crippen LogP contribution is -2.45. The van der Waals surface area contributed by atoms with Gasteiger partial charge in [0, 0.05) is 42.0 Å². The van der Waals surface area contributed by atoms with Gasteiger partial charge < -0.3 is 20.3 Å². The number of amides is 1. The summed E-state index contributed by atoms with van der Waals surface area (Å²) >= 11 is 0. The van der Waals surface area contributed by atoms with Gasteiger partial charge in [-0.25, -0.2) is 9.37 Å². The topological polar surface area (TPSA) is 71.7 Å². The van der Waals surface area contributed by atoms with E-state index in [1.807, 2.05) is 17.0 Å². The predicted molar refractivity (Wildman–Crippen MR) is 140 cm³/mol. The molecule has 0 saturated carbocycles. The number of nitrogen functional groups attached to an aromatic ring is 1. The molecule has 0 atom stereocenters. The summed E-state index contributed by atoms with van der Waals surface area (Å²) in [6.07, 6.45) is 1.45. The average molecular weight is 543 g/mol. The van der Waals surface area contributed by atoms with Crippen LogP contribution in [0, 0.1) is 5.82 Å². The number of carbonyl (C=O) groups excluding carboxylic acids is 1. The molecule has 2 aromatic carbocycles. The van der Waals surface area contributed by atoms with Crippen molar-refractivity contribution in [3.05, 3.63) is 77.2 Å². The van der Waals surface area contributed by atoms with Gasteiger partial charge >= 0.3 is 6.18 Å². The number of nitrogens with zero attached hydrogens (tertiary/aromatic N) is 3. The van der Waals surface area contributed by atoms with E-state index in [0.717, 1.165) is 43.6 Å². The number of alkyl halides is 3. The quantitative estimate of drug-likeness (QED) is 0.401. The van der Waals surface area contributed by atoms with Crippen LogP contribution in [-0.4, -0.2) is 52.9 Å². The van der Waals surface area contributed by atoms with E-state index in [-0.39, 0.29) is 29.6 Å². The standard InChI is InChI=1S/C29H30F4N4O2/c30-25-16-23(29(31,32)33)8-7-21(25)18-39-26-15-22(17-35-27(26)34)19-3-5-20(6-4-19)28(38)37-13-9-24(10-14-37)36-11-1-2-12-36/h3-8,15-17,24H,1-2,9-14,18H2,(H2,34,35). The largest absolute Gasteiger partial charge is 0.485 e. The van der Waals surface area contributed by atoms with E-state index in [1.54, 1.807) is 24.4 Å². The molecule has 0 aliphatic carbocycles. The van der Waals surface area contributed by atoms with Gasteiger partial charge in [-0.15, -0.1) is 0 Å². The molecule has 6 nitrogen and oxygen atoms in total. The summed E-state index contributed by atoms with van der Waals surface area (Å²) < 4.78 is 58.2. The Morgan fingerprint density at radius 1 is 0.974 bits per heavy atom. The van der Waals surface area contributed by atoms with Gasteiger partial charge in [0.2, 0.25) is 0 Å². The number of nitrogens with two attached hydrogens (primary N) is 1. The zero-order valence-corrected chi connectivity index (χ0v) is 21.4. The number of ether oxygens (including phenoxy) is 1. The van der Waals surface area contributed by atoms with Crippen molar-refractivity contribution in [1.29, 1.82) is 0 Å². The molecule has 1 amide bonds. The van der Waals surface area contributed by atoms with Crippen molar-refractivity contribution >= 4 is 11.7 Å². The summed E-state index contributed by atoms with van der Waals surface area (Å²) in [5.41, 5.74) is 6.85. The van der Waals surface area contributed by atoms with E-state index in [4.69, 9.17) is 10.5 Å². The third kappa shape index (κ3) is 6.16. The van der Waals surface area contributed by atoms with Crippen LogP contribution in [0.15, 0.2) is 54.7 Å². The van der Waals surface area contributed by atoms with Crippen LogP contribution in [0.1, 0.15) is 47.2 Å². The van der Waals surface area contributed by atoms with E-state index in [9.17, 15) is 22.4 Å². The van der Waals surface area contributed by atoms with Gasteiger partial charge in [0.25, 0.3) is 5.91 Å². The van der Waals surface area contributed by atoms with Gasteiger partial charge in [0.05, 0.1) is 5.56 Å². The van der Waals surface area contributed by atoms with Crippen LogP contribution in [0.3, 0.4) is 0 Å². The minimum Gasteiger partial charge on any atom is -0.485 e. The molecule has 0 unspecified atom stereocenters. The number of likely N-dealkylation sites (tertiary alicyclic amines) is 2. The Labute approximate surface area is 224 Å². The van der Waals surface area contributed by atoms with E-state index < -0.39 is 17.6 Å². The van der Waals surface area contributed by atoms with Gasteiger partial charge in [-0.2, -0.15) is 13.2 Å². The first kappa shape index (κ1) is 26.9. The molecule has 1 aromatic heterocycles. The highest BCUT2D eigenvalue weighted by atomic mass is 19.4. The average Bonchev–Trinajstić information content (AvgIpc) is 3.48. The number of pyridine rings is 1. The van der Waals surface area contributed by atoms with Gasteiger partial charge in [-0.05, 0) is 74.7 Å². The number of anilines is 1. The molecule has 2 fully saturated rings. The number of benzene rings is 2.